The maximum Gasteiger partial charge on any atom is 0.243 e. The van der Waals surface area contributed by atoms with Gasteiger partial charge in [-0.2, -0.15) is 4.31 Å². The Morgan fingerprint density at radius 2 is 1.85 bits per heavy atom. The molecular formula is C25H38N4O3S. The Bertz CT molecular complexity index is 1040. The molecule has 4 rings (SSSR count). The van der Waals surface area contributed by atoms with Crippen LogP contribution in [0.1, 0.15) is 58.3 Å². The third-order valence-corrected chi connectivity index (χ3v) is 9.07. The molecule has 33 heavy (non-hydrogen) atoms. The molecule has 1 N–H and O–H groups in total. The number of sulfonamides is 1. The van der Waals surface area contributed by atoms with Gasteiger partial charge in [0.05, 0.1) is 4.90 Å². The standard InChI is InChI=1S/C25H38N4O3S/c1-2-22-9-4-7-14-27(22)15-8-13-26-25(30)20-28-18-12-21-19-23(10-11-24(21)28)33(31,32)29-16-5-3-6-17-29/h10-12,18-19,22H,2-9,13-17,20H2,1H3,(H,26,30). The number of nitrogens with zero attached hydrogens (tertiary/aromatic N) is 3. The van der Waals surface area contributed by atoms with Gasteiger partial charge in [0, 0.05) is 49.3 Å². The molecule has 0 spiro atoms. The zero-order valence-corrected chi connectivity index (χ0v) is 20.7. The normalized spacial score (nSPS) is 20.8. The molecule has 1 aromatic carbocycles. The number of amides is 1. The Labute approximate surface area is 198 Å². The fourth-order valence-electron chi connectivity index (χ4n) is 5.27. The van der Waals surface area contributed by atoms with Crippen molar-refractivity contribution in [3.8, 4) is 0 Å². The second-order valence-corrected chi connectivity index (χ2v) is 11.4. The highest BCUT2D eigenvalue weighted by atomic mass is 32.2. The summed E-state index contributed by atoms with van der Waals surface area (Å²) in [5.74, 6) is -0.0109. The molecular weight excluding hydrogens is 436 g/mol. The Morgan fingerprint density at radius 1 is 1.06 bits per heavy atom. The number of benzene rings is 1. The summed E-state index contributed by atoms with van der Waals surface area (Å²) in [4.78, 5) is 15.4. The van der Waals surface area contributed by atoms with Crippen molar-refractivity contribution in [3.63, 3.8) is 0 Å². The van der Waals surface area contributed by atoms with E-state index in [9.17, 15) is 13.2 Å². The van der Waals surface area contributed by atoms with Crippen LogP contribution in [0.4, 0.5) is 0 Å². The van der Waals surface area contributed by atoms with Crippen LogP contribution in [0.5, 0.6) is 0 Å². The van der Waals surface area contributed by atoms with Gasteiger partial charge >= 0.3 is 0 Å². The number of hydrogen-bond acceptors (Lipinski definition) is 4. The first-order valence-electron chi connectivity index (χ1n) is 12.6. The molecule has 7 nitrogen and oxygen atoms in total. The molecule has 2 saturated heterocycles. The highest BCUT2D eigenvalue weighted by Crippen LogP contribution is 2.25. The Kier molecular flexibility index (Phi) is 8.09. The van der Waals surface area contributed by atoms with E-state index in [0.717, 1.165) is 43.1 Å². The minimum absolute atomic E-state index is 0.0109. The lowest BCUT2D eigenvalue weighted by atomic mass is 10.00. The van der Waals surface area contributed by atoms with E-state index >= 15 is 0 Å². The van der Waals surface area contributed by atoms with Gasteiger partial charge < -0.3 is 14.8 Å². The van der Waals surface area contributed by atoms with E-state index < -0.39 is 10.0 Å². The molecule has 1 amide bonds. The first-order chi connectivity index (χ1) is 16.0. The second-order valence-electron chi connectivity index (χ2n) is 9.43. The van der Waals surface area contributed by atoms with Crippen LogP contribution in [-0.4, -0.2) is 66.9 Å². The van der Waals surface area contributed by atoms with Crippen LogP contribution in [0.25, 0.3) is 10.9 Å². The van der Waals surface area contributed by atoms with Crippen molar-refractivity contribution in [2.24, 2.45) is 0 Å². The summed E-state index contributed by atoms with van der Waals surface area (Å²) in [6.07, 6.45) is 10.9. The molecule has 1 unspecified atom stereocenters. The van der Waals surface area contributed by atoms with Gasteiger partial charge in [-0.05, 0) is 69.3 Å². The van der Waals surface area contributed by atoms with Gasteiger partial charge in [0.2, 0.25) is 15.9 Å². The van der Waals surface area contributed by atoms with E-state index in [-0.39, 0.29) is 12.5 Å². The van der Waals surface area contributed by atoms with Crippen LogP contribution in [0.2, 0.25) is 0 Å². The molecule has 182 valence electrons. The van der Waals surface area contributed by atoms with Crippen molar-refractivity contribution >= 4 is 26.8 Å². The minimum atomic E-state index is -3.46. The van der Waals surface area contributed by atoms with Crippen LogP contribution in [0.15, 0.2) is 35.4 Å². The predicted molar refractivity (Wildman–Crippen MR) is 132 cm³/mol. The highest BCUT2D eigenvalue weighted by Gasteiger charge is 2.26. The molecule has 8 heteroatoms. The summed E-state index contributed by atoms with van der Waals surface area (Å²) in [7, 11) is -3.46. The second kappa shape index (κ2) is 11.0. The smallest absolute Gasteiger partial charge is 0.243 e. The molecule has 0 saturated carbocycles. The largest absolute Gasteiger partial charge is 0.355 e. The van der Waals surface area contributed by atoms with E-state index in [1.54, 1.807) is 16.4 Å². The van der Waals surface area contributed by atoms with E-state index in [0.29, 0.717) is 30.6 Å². The zero-order chi connectivity index (χ0) is 23.3. The summed E-state index contributed by atoms with van der Waals surface area (Å²) in [6, 6.07) is 7.81. The van der Waals surface area contributed by atoms with E-state index in [4.69, 9.17) is 0 Å². The summed E-state index contributed by atoms with van der Waals surface area (Å²) in [5, 5.41) is 3.89. The quantitative estimate of drug-likeness (QED) is 0.564. The molecule has 2 fully saturated rings. The van der Waals surface area contributed by atoms with E-state index in [1.807, 2.05) is 22.9 Å². The Balaban J connectivity index is 1.31. The van der Waals surface area contributed by atoms with Crippen molar-refractivity contribution in [3.05, 3.63) is 30.5 Å². The fraction of sp³-hybridized carbons (Fsp3) is 0.640. The van der Waals surface area contributed by atoms with Gasteiger partial charge in [0.15, 0.2) is 0 Å². The van der Waals surface area contributed by atoms with Gasteiger partial charge in [-0.1, -0.05) is 19.8 Å². The lowest BCUT2D eigenvalue weighted by Crippen LogP contribution is -2.40. The molecule has 2 aliphatic rings. The van der Waals surface area contributed by atoms with Crippen LogP contribution in [0.3, 0.4) is 0 Å². The summed E-state index contributed by atoms with van der Waals surface area (Å²) >= 11 is 0. The number of carbonyl (C=O) groups excluding carboxylic acids is 1. The van der Waals surface area contributed by atoms with Crippen LogP contribution in [0, 0.1) is 0 Å². The molecule has 0 bridgehead atoms. The lowest BCUT2D eigenvalue weighted by molar-refractivity contribution is -0.121. The van der Waals surface area contributed by atoms with Gasteiger partial charge in [-0.15, -0.1) is 0 Å². The topological polar surface area (TPSA) is 74.6 Å². The fourth-order valence-corrected chi connectivity index (χ4v) is 6.82. The number of rotatable bonds is 9. The molecule has 2 aromatic rings. The maximum atomic E-state index is 13.0. The van der Waals surface area contributed by atoms with Gasteiger partial charge in [-0.3, -0.25) is 4.79 Å². The molecule has 0 radical (unpaired) electrons. The third-order valence-electron chi connectivity index (χ3n) is 7.17. The van der Waals surface area contributed by atoms with Gasteiger partial charge in [0.1, 0.15) is 6.54 Å². The first kappa shape index (κ1) is 24.2. The Morgan fingerprint density at radius 3 is 2.64 bits per heavy atom. The van der Waals surface area contributed by atoms with Gasteiger partial charge in [0.25, 0.3) is 0 Å². The summed E-state index contributed by atoms with van der Waals surface area (Å²) < 4.78 is 29.4. The highest BCUT2D eigenvalue weighted by molar-refractivity contribution is 7.89. The third kappa shape index (κ3) is 5.78. The van der Waals surface area contributed by atoms with E-state index in [2.05, 4.69) is 17.1 Å². The number of fused-ring (bicyclic) bond motifs is 1. The summed E-state index contributed by atoms with van der Waals surface area (Å²) in [5.41, 5.74) is 0.877. The zero-order valence-electron chi connectivity index (χ0n) is 19.8. The number of nitrogens with one attached hydrogen (secondary N) is 1. The maximum absolute atomic E-state index is 13.0. The number of aromatic nitrogens is 1. The van der Waals surface area contributed by atoms with Crippen molar-refractivity contribution in [2.45, 2.75) is 75.8 Å². The molecule has 1 aromatic heterocycles. The predicted octanol–water partition coefficient (Wildman–Crippen LogP) is 3.59. The molecule has 1 atom stereocenters. The minimum Gasteiger partial charge on any atom is -0.355 e. The van der Waals surface area contributed by atoms with Crippen molar-refractivity contribution in [1.29, 1.82) is 0 Å². The number of piperidine rings is 2. The first-order valence-corrected chi connectivity index (χ1v) is 14.0. The molecule has 2 aliphatic heterocycles. The number of carbonyl (C=O) groups is 1. The van der Waals surface area contributed by atoms with Crippen molar-refractivity contribution in [1.82, 2.24) is 19.1 Å². The average molecular weight is 475 g/mol. The average Bonchev–Trinajstić information content (AvgIpc) is 3.24. The number of likely N-dealkylation sites (tertiary alicyclic amines) is 1. The van der Waals surface area contributed by atoms with E-state index in [1.165, 1.54) is 32.2 Å². The Hall–Kier alpha value is -1.90. The molecule has 3 heterocycles. The van der Waals surface area contributed by atoms with Gasteiger partial charge in [-0.25, -0.2) is 8.42 Å². The van der Waals surface area contributed by atoms with Crippen molar-refractivity contribution in [2.75, 3.05) is 32.7 Å². The van der Waals surface area contributed by atoms with Crippen LogP contribution in [-0.2, 0) is 21.4 Å². The van der Waals surface area contributed by atoms with Crippen LogP contribution >= 0.6 is 0 Å². The molecule has 0 aliphatic carbocycles. The monoisotopic (exact) mass is 474 g/mol. The SMILES string of the molecule is CCC1CCCCN1CCCNC(=O)Cn1ccc2cc(S(=O)(=O)N3CCCCC3)ccc21. The van der Waals surface area contributed by atoms with Crippen LogP contribution < -0.4 is 5.32 Å². The lowest BCUT2D eigenvalue weighted by Gasteiger charge is -2.35. The van der Waals surface area contributed by atoms with Crippen molar-refractivity contribution < 1.29 is 13.2 Å². The summed E-state index contributed by atoms with van der Waals surface area (Å²) in [6.45, 7) is 6.60. The number of hydrogen-bond donors (Lipinski definition) is 1.